The highest BCUT2D eigenvalue weighted by Gasteiger charge is 2.02. The molecule has 0 amide bonds. The topological polar surface area (TPSA) is 57.5 Å². The lowest BCUT2D eigenvalue weighted by molar-refractivity contribution is -0.870. The molecule has 0 aliphatic carbocycles. The molecule has 0 bridgehead atoms. The fourth-order valence-corrected chi connectivity index (χ4v) is 1.18. The number of hydrogen-bond donors (Lipinski definition) is 2. The predicted octanol–water partition coefficient (Wildman–Crippen LogP) is -0.880. The minimum Gasteiger partial charge on any atom is -1.00 e. The number of likely N-dealkylation sites (N-methyl/N-ethyl adjacent to an activating group) is 1. The highest BCUT2D eigenvalue weighted by atomic mass is 35.5. The van der Waals surface area contributed by atoms with Gasteiger partial charge in [-0.2, -0.15) is 0 Å². The largest absolute Gasteiger partial charge is 1.00 e. The average molecular weight is 284 g/mol. The monoisotopic (exact) mass is 283 g/mol. The van der Waals surface area contributed by atoms with Gasteiger partial charge in [-0.1, -0.05) is 32.6 Å². The summed E-state index contributed by atoms with van der Waals surface area (Å²) in [6.45, 7) is 3.26. The number of quaternary nitrogens is 1. The van der Waals surface area contributed by atoms with Crippen LogP contribution in [-0.4, -0.2) is 55.0 Å². The maximum absolute atomic E-state index is 10.0. The third-order valence-electron chi connectivity index (χ3n) is 2.27. The Balaban J connectivity index is -0.000000251. The fraction of sp³-hybridized carbons (Fsp3) is 0.923. The molecule has 0 aliphatic heterocycles. The zero-order valence-electron chi connectivity index (χ0n) is 12.3. The lowest BCUT2D eigenvalue weighted by Gasteiger charge is -2.21. The standard InChI is InChI=1S/C8H16O2.C5H14NO.ClH/c1-2-3-4-5-6-7-8(9)10;1-6(2,3)4-5-7;/h2-7H2,1H3,(H,9,10);7H,4-5H2,1-3H3;1H/q;+1;/p-1. The molecule has 0 aromatic heterocycles. The van der Waals surface area contributed by atoms with Gasteiger partial charge in [0.15, 0.2) is 0 Å². The molecule has 0 aromatic carbocycles. The summed E-state index contributed by atoms with van der Waals surface area (Å²) in [6.07, 6.45) is 5.88. The van der Waals surface area contributed by atoms with Crippen LogP contribution in [0.1, 0.15) is 45.4 Å². The molecule has 2 N–H and O–H groups in total. The van der Waals surface area contributed by atoms with E-state index >= 15 is 0 Å². The van der Waals surface area contributed by atoms with E-state index < -0.39 is 5.97 Å². The number of carbonyl (C=O) groups is 1. The van der Waals surface area contributed by atoms with E-state index in [1.54, 1.807) is 0 Å². The molecule has 18 heavy (non-hydrogen) atoms. The second-order valence-electron chi connectivity index (χ2n) is 5.30. The van der Waals surface area contributed by atoms with Gasteiger partial charge in [0, 0.05) is 6.42 Å². The van der Waals surface area contributed by atoms with Gasteiger partial charge in [0.25, 0.3) is 0 Å². The quantitative estimate of drug-likeness (QED) is 0.449. The minimum atomic E-state index is -0.670. The molecular formula is C13H30ClNO3. The van der Waals surface area contributed by atoms with Crippen molar-refractivity contribution in [3.05, 3.63) is 0 Å². The van der Waals surface area contributed by atoms with E-state index in [0.717, 1.165) is 23.9 Å². The average Bonchev–Trinajstić information content (AvgIpc) is 2.16. The van der Waals surface area contributed by atoms with E-state index in [4.69, 9.17) is 10.2 Å². The van der Waals surface area contributed by atoms with Crippen LogP contribution in [0.2, 0.25) is 0 Å². The number of aliphatic hydroxyl groups is 1. The summed E-state index contributed by atoms with van der Waals surface area (Å²) >= 11 is 0. The molecule has 0 aliphatic rings. The van der Waals surface area contributed by atoms with Gasteiger partial charge in [0.1, 0.15) is 6.54 Å². The van der Waals surface area contributed by atoms with E-state index in [-0.39, 0.29) is 19.0 Å². The summed E-state index contributed by atoms with van der Waals surface area (Å²) < 4.78 is 0.844. The Bertz CT molecular complexity index is 182. The van der Waals surface area contributed by atoms with Crippen molar-refractivity contribution in [1.29, 1.82) is 0 Å². The second-order valence-corrected chi connectivity index (χ2v) is 5.30. The first-order valence-corrected chi connectivity index (χ1v) is 6.46. The normalized spacial score (nSPS) is 10.1. The number of hydrogen-bond acceptors (Lipinski definition) is 2. The van der Waals surface area contributed by atoms with Crippen molar-refractivity contribution in [3.8, 4) is 0 Å². The summed E-state index contributed by atoms with van der Waals surface area (Å²) in [4.78, 5) is 10.0. The lowest BCUT2D eigenvalue weighted by Crippen LogP contribution is -3.00. The first-order valence-electron chi connectivity index (χ1n) is 6.46. The maximum atomic E-state index is 10.0. The highest BCUT2D eigenvalue weighted by molar-refractivity contribution is 5.66. The first-order chi connectivity index (χ1) is 7.83. The van der Waals surface area contributed by atoms with Crippen LogP contribution in [0, 0.1) is 0 Å². The van der Waals surface area contributed by atoms with Gasteiger partial charge in [-0.25, -0.2) is 0 Å². The van der Waals surface area contributed by atoms with Crippen LogP contribution in [0.3, 0.4) is 0 Å². The van der Waals surface area contributed by atoms with Gasteiger partial charge in [-0.3, -0.25) is 4.79 Å². The second kappa shape index (κ2) is 14.7. The van der Waals surface area contributed by atoms with E-state index in [2.05, 4.69) is 28.1 Å². The smallest absolute Gasteiger partial charge is 0.303 e. The predicted molar refractivity (Wildman–Crippen MR) is 71.0 cm³/mol. The molecule has 5 heteroatoms. The molecule has 0 radical (unpaired) electrons. The number of halogens is 1. The third kappa shape index (κ3) is 29.6. The molecule has 0 unspecified atom stereocenters. The van der Waals surface area contributed by atoms with E-state index in [0.29, 0.717) is 6.42 Å². The number of carboxylic acid groups (broad SMARTS) is 1. The van der Waals surface area contributed by atoms with Crippen molar-refractivity contribution in [2.24, 2.45) is 0 Å². The Hall–Kier alpha value is -0.320. The van der Waals surface area contributed by atoms with Gasteiger partial charge in [0.2, 0.25) is 0 Å². The summed E-state index contributed by atoms with van der Waals surface area (Å²) in [7, 11) is 6.16. The molecular weight excluding hydrogens is 254 g/mol. The van der Waals surface area contributed by atoms with Crippen molar-refractivity contribution in [2.75, 3.05) is 34.3 Å². The van der Waals surface area contributed by atoms with Gasteiger partial charge < -0.3 is 27.1 Å². The zero-order valence-corrected chi connectivity index (χ0v) is 13.0. The van der Waals surface area contributed by atoms with Crippen molar-refractivity contribution in [2.45, 2.75) is 45.4 Å². The highest BCUT2D eigenvalue weighted by Crippen LogP contribution is 2.04. The first kappa shape index (κ1) is 22.8. The van der Waals surface area contributed by atoms with Crippen LogP contribution in [0.4, 0.5) is 0 Å². The van der Waals surface area contributed by atoms with Crippen LogP contribution >= 0.6 is 0 Å². The molecule has 0 atom stereocenters. The Kier molecular flexibility index (Phi) is 18.7. The van der Waals surface area contributed by atoms with Crippen molar-refractivity contribution < 1.29 is 31.9 Å². The molecule has 0 saturated carbocycles. The van der Waals surface area contributed by atoms with Crippen LogP contribution in [-0.2, 0) is 4.79 Å². The molecule has 112 valence electrons. The number of aliphatic carboxylic acids is 1. The molecule has 0 rings (SSSR count). The molecule has 0 aromatic rings. The maximum Gasteiger partial charge on any atom is 0.303 e. The molecule has 0 heterocycles. The SMILES string of the molecule is CCCCCCCC(=O)O.C[N+](C)(C)CCO.[Cl-]. The lowest BCUT2D eigenvalue weighted by atomic mass is 10.1. The van der Waals surface area contributed by atoms with E-state index in [1.807, 2.05) is 0 Å². The molecule has 0 spiro atoms. The molecule has 0 fully saturated rings. The van der Waals surface area contributed by atoms with E-state index in [9.17, 15) is 4.79 Å². The van der Waals surface area contributed by atoms with Crippen LogP contribution in [0.25, 0.3) is 0 Å². The van der Waals surface area contributed by atoms with Gasteiger partial charge in [-0.15, -0.1) is 0 Å². The van der Waals surface area contributed by atoms with Crippen molar-refractivity contribution in [3.63, 3.8) is 0 Å². The van der Waals surface area contributed by atoms with Crippen molar-refractivity contribution in [1.82, 2.24) is 0 Å². The zero-order chi connectivity index (χ0) is 13.7. The van der Waals surface area contributed by atoms with Crippen molar-refractivity contribution >= 4 is 5.97 Å². The third-order valence-corrected chi connectivity index (χ3v) is 2.27. The number of aliphatic hydroxyl groups excluding tert-OH is 1. The Morgan fingerprint density at radius 1 is 1.06 bits per heavy atom. The Morgan fingerprint density at radius 2 is 1.56 bits per heavy atom. The van der Waals surface area contributed by atoms with Crippen LogP contribution < -0.4 is 12.4 Å². The Labute approximate surface area is 118 Å². The summed E-state index contributed by atoms with van der Waals surface area (Å²) in [6, 6.07) is 0. The number of rotatable bonds is 8. The molecule has 0 saturated heterocycles. The van der Waals surface area contributed by atoms with Crippen LogP contribution in [0.15, 0.2) is 0 Å². The summed E-state index contributed by atoms with van der Waals surface area (Å²) in [5.41, 5.74) is 0. The van der Waals surface area contributed by atoms with E-state index in [1.165, 1.54) is 19.3 Å². The Morgan fingerprint density at radius 3 is 1.83 bits per heavy atom. The van der Waals surface area contributed by atoms with Gasteiger partial charge in [-0.05, 0) is 6.42 Å². The molecule has 4 nitrogen and oxygen atoms in total. The minimum absolute atomic E-state index is 0. The van der Waals surface area contributed by atoms with Crippen LogP contribution in [0.5, 0.6) is 0 Å². The number of nitrogens with zero attached hydrogens (tertiary/aromatic N) is 1. The fourth-order valence-electron chi connectivity index (χ4n) is 1.18. The van der Waals surface area contributed by atoms with Gasteiger partial charge >= 0.3 is 5.97 Å². The summed E-state index contributed by atoms with van der Waals surface area (Å²) in [5.74, 6) is -0.670. The van der Waals surface area contributed by atoms with Gasteiger partial charge in [0.05, 0.1) is 27.7 Å². The number of unbranched alkanes of at least 4 members (excludes halogenated alkanes) is 4. The number of carboxylic acids is 1. The summed E-state index contributed by atoms with van der Waals surface area (Å²) in [5, 5.41) is 16.7.